The van der Waals surface area contributed by atoms with E-state index in [1.54, 1.807) is 0 Å². The molecule has 4 heteroatoms. The molecule has 1 N–H and O–H groups in total. The molecule has 24 heavy (non-hydrogen) atoms. The summed E-state index contributed by atoms with van der Waals surface area (Å²) >= 11 is 0. The fraction of sp³-hybridized carbons (Fsp3) is 0. The van der Waals surface area contributed by atoms with Crippen molar-refractivity contribution in [2.24, 2.45) is 0 Å². The molecular weight excluding hydrogens is 297 g/mol. The van der Waals surface area contributed by atoms with Crippen LogP contribution in [0, 0.1) is 0 Å². The zero-order valence-electron chi connectivity index (χ0n) is 13.0. The van der Waals surface area contributed by atoms with Crippen molar-refractivity contribution < 1.29 is 9.68 Å². The number of benzene rings is 3. The second-order valence-electron chi connectivity index (χ2n) is 5.52. The van der Waals surface area contributed by atoms with Gasteiger partial charge >= 0.3 is 7.69 Å². The van der Waals surface area contributed by atoms with Crippen molar-refractivity contribution >= 4 is 18.6 Å². The summed E-state index contributed by atoms with van der Waals surface area (Å²) in [6.07, 6.45) is 2.14. The van der Waals surface area contributed by atoms with Gasteiger partial charge in [0.15, 0.2) is 0 Å². The Kier molecular flexibility index (Phi) is 3.81. The minimum Gasteiger partial charge on any atom is -0.537 e. The van der Waals surface area contributed by atoms with E-state index >= 15 is 0 Å². The van der Waals surface area contributed by atoms with Crippen LogP contribution in [-0.2, 0) is 0 Å². The molecule has 1 heterocycles. The first kappa shape index (κ1) is 14.6. The summed E-state index contributed by atoms with van der Waals surface area (Å²) < 4.78 is 7.31. The minimum absolute atomic E-state index is 0.605. The third kappa shape index (κ3) is 2.57. The lowest BCUT2D eigenvalue weighted by Crippen LogP contribution is -1.99. The van der Waals surface area contributed by atoms with E-state index in [2.05, 4.69) is 35.0 Å². The minimum atomic E-state index is 0.605. The van der Waals surface area contributed by atoms with Gasteiger partial charge in [0.25, 0.3) is 0 Å². The van der Waals surface area contributed by atoms with Crippen molar-refractivity contribution in [1.82, 2.24) is 4.57 Å². The lowest BCUT2D eigenvalue weighted by molar-refractivity contribution is 0.454. The van der Waals surface area contributed by atoms with Gasteiger partial charge in [-0.3, -0.25) is 0 Å². The fourth-order valence-electron chi connectivity index (χ4n) is 2.99. The van der Waals surface area contributed by atoms with E-state index in [-0.39, 0.29) is 0 Å². The summed E-state index contributed by atoms with van der Waals surface area (Å²) in [7, 11) is 0.706. The van der Waals surface area contributed by atoms with Crippen LogP contribution in [0.4, 0.5) is 0 Å². The van der Waals surface area contributed by atoms with E-state index in [1.807, 2.05) is 54.6 Å². The summed E-state index contributed by atoms with van der Waals surface area (Å²) in [6, 6.07) is 26.3. The first-order valence-corrected chi connectivity index (χ1v) is 7.75. The maximum atomic E-state index is 8.91. The van der Waals surface area contributed by atoms with Crippen LogP contribution in [-0.4, -0.2) is 17.3 Å². The molecule has 0 aliphatic heterocycles. The molecule has 115 valence electrons. The second kappa shape index (κ2) is 6.26. The molecule has 3 nitrogen and oxygen atoms in total. The monoisotopic (exact) mass is 312 g/mol. The Labute approximate surface area is 141 Å². The maximum Gasteiger partial charge on any atom is 0.569 e. The van der Waals surface area contributed by atoms with Crippen LogP contribution >= 0.6 is 0 Å². The predicted octanol–water partition coefficient (Wildman–Crippen LogP) is 4.20. The second-order valence-corrected chi connectivity index (χ2v) is 5.52. The normalized spacial score (nSPS) is 10.7. The van der Waals surface area contributed by atoms with Crippen LogP contribution in [0.3, 0.4) is 0 Å². The van der Waals surface area contributed by atoms with Gasteiger partial charge in [0.1, 0.15) is 5.75 Å². The molecule has 0 spiro atoms. The molecule has 1 radical (unpaired) electrons. The van der Waals surface area contributed by atoms with Crippen LogP contribution in [0.2, 0.25) is 0 Å². The highest BCUT2D eigenvalue weighted by Gasteiger charge is 2.12. The molecule has 3 aromatic carbocycles. The molecule has 4 rings (SSSR count). The number of nitrogens with zero attached hydrogens (tertiary/aromatic N) is 1. The largest absolute Gasteiger partial charge is 0.569 e. The number of rotatable bonds is 4. The predicted molar refractivity (Wildman–Crippen MR) is 97.3 cm³/mol. The van der Waals surface area contributed by atoms with Crippen molar-refractivity contribution in [2.45, 2.75) is 0 Å². The van der Waals surface area contributed by atoms with Crippen molar-refractivity contribution in [2.75, 3.05) is 0 Å². The van der Waals surface area contributed by atoms with E-state index in [1.165, 1.54) is 0 Å². The van der Waals surface area contributed by atoms with Gasteiger partial charge < -0.3 is 14.2 Å². The summed E-state index contributed by atoms with van der Waals surface area (Å²) in [6.45, 7) is 0. The molecule has 1 aromatic heterocycles. The Balaban J connectivity index is 1.98. The summed E-state index contributed by atoms with van der Waals surface area (Å²) in [4.78, 5) is 0. The van der Waals surface area contributed by atoms with Gasteiger partial charge in [-0.25, -0.2) is 0 Å². The van der Waals surface area contributed by atoms with Gasteiger partial charge in [-0.2, -0.15) is 0 Å². The smallest absolute Gasteiger partial charge is 0.537 e. The Bertz CT molecular complexity index is 965. The third-order valence-electron chi connectivity index (χ3n) is 4.08. The Morgan fingerprint density at radius 2 is 1.54 bits per heavy atom. The van der Waals surface area contributed by atoms with Crippen LogP contribution in [0.15, 0.2) is 85.1 Å². The number of hydrogen-bond acceptors (Lipinski definition) is 2. The molecular formula is C20H15BNO2. The van der Waals surface area contributed by atoms with E-state index < -0.39 is 0 Å². The quantitative estimate of drug-likeness (QED) is 0.573. The van der Waals surface area contributed by atoms with Crippen molar-refractivity contribution in [1.29, 1.82) is 0 Å². The lowest BCUT2D eigenvalue weighted by Gasteiger charge is -2.06. The molecule has 0 fully saturated rings. The molecule has 0 bridgehead atoms. The van der Waals surface area contributed by atoms with E-state index in [0.29, 0.717) is 13.4 Å². The zero-order valence-corrected chi connectivity index (χ0v) is 13.0. The molecule has 0 saturated heterocycles. The van der Waals surface area contributed by atoms with Gasteiger partial charge in [-0.15, -0.1) is 0 Å². The average Bonchev–Trinajstić information content (AvgIpc) is 3.02. The summed E-state index contributed by atoms with van der Waals surface area (Å²) in [5.74, 6) is 0.605. The van der Waals surface area contributed by atoms with E-state index in [4.69, 9.17) is 9.68 Å². The summed E-state index contributed by atoms with van der Waals surface area (Å²) in [5.41, 5.74) is 4.46. The third-order valence-corrected chi connectivity index (χ3v) is 4.08. The standard InChI is InChI=1S/C20H15BNO2/c23-21-24-17-11-12-20-18(13-17)19(15-7-3-1-4-8-15)14-22(20)16-9-5-2-6-10-16/h1-14,23H. The molecule has 0 amide bonds. The number of para-hydroxylation sites is 1. The average molecular weight is 312 g/mol. The maximum absolute atomic E-state index is 8.91. The first-order chi connectivity index (χ1) is 11.9. The van der Waals surface area contributed by atoms with Crippen molar-refractivity contribution in [3.63, 3.8) is 0 Å². The summed E-state index contributed by atoms with van der Waals surface area (Å²) in [5, 5.41) is 9.98. The van der Waals surface area contributed by atoms with Crippen LogP contribution in [0.5, 0.6) is 5.75 Å². The topological polar surface area (TPSA) is 34.4 Å². The van der Waals surface area contributed by atoms with Gasteiger partial charge in [0.2, 0.25) is 0 Å². The van der Waals surface area contributed by atoms with Crippen LogP contribution in [0.25, 0.3) is 27.7 Å². The molecule has 0 aliphatic rings. The number of hydrogen-bond donors (Lipinski definition) is 1. The zero-order chi connectivity index (χ0) is 16.4. The molecule has 0 unspecified atom stereocenters. The Hall–Kier alpha value is -2.98. The van der Waals surface area contributed by atoms with Crippen LogP contribution in [0.1, 0.15) is 0 Å². The Morgan fingerprint density at radius 3 is 2.25 bits per heavy atom. The molecule has 4 aromatic rings. The lowest BCUT2D eigenvalue weighted by atomic mass is 10.0. The van der Waals surface area contributed by atoms with Gasteiger partial charge in [-0.05, 0) is 35.9 Å². The van der Waals surface area contributed by atoms with E-state index in [0.717, 1.165) is 27.7 Å². The SMILES string of the molecule is O[B]Oc1ccc2c(c1)c(-c1ccccc1)cn2-c1ccccc1. The Morgan fingerprint density at radius 1 is 0.833 bits per heavy atom. The number of aromatic nitrogens is 1. The van der Waals surface area contributed by atoms with Crippen molar-refractivity contribution in [3.8, 4) is 22.6 Å². The van der Waals surface area contributed by atoms with Crippen molar-refractivity contribution in [3.05, 3.63) is 85.1 Å². The van der Waals surface area contributed by atoms with Gasteiger partial charge in [0.05, 0.1) is 5.52 Å². The molecule has 0 aliphatic carbocycles. The van der Waals surface area contributed by atoms with Crippen LogP contribution < -0.4 is 4.65 Å². The highest BCUT2D eigenvalue weighted by atomic mass is 16.5. The molecule has 0 saturated carbocycles. The first-order valence-electron chi connectivity index (χ1n) is 7.75. The van der Waals surface area contributed by atoms with Gasteiger partial charge in [-0.1, -0.05) is 48.5 Å². The van der Waals surface area contributed by atoms with E-state index in [9.17, 15) is 0 Å². The number of fused-ring (bicyclic) bond motifs is 1. The highest BCUT2D eigenvalue weighted by molar-refractivity contribution is 6.17. The molecule has 0 atom stereocenters. The highest BCUT2D eigenvalue weighted by Crippen LogP contribution is 2.34. The van der Waals surface area contributed by atoms with Gasteiger partial charge in [0, 0.05) is 22.8 Å². The fourth-order valence-corrected chi connectivity index (χ4v) is 2.99.